The van der Waals surface area contributed by atoms with Crippen molar-refractivity contribution in [3.63, 3.8) is 0 Å². The number of hydrogen-bond donors (Lipinski definition) is 1. The highest BCUT2D eigenvalue weighted by molar-refractivity contribution is 4.91. The van der Waals surface area contributed by atoms with Crippen LogP contribution in [0.2, 0.25) is 0 Å². The summed E-state index contributed by atoms with van der Waals surface area (Å²) >= 11 is 0. The molecule has 3 atom stereocenters. The lowest BCUT2D eigenvalue weighted by Crippen LogP contribution is -2.53. The molecule has 118 valence electrons. The average Bonchev–Trinajstić information content (AvgIpc) is 2.73. The largest absolute Gasteiger partial charge is 0.381 e. The van der Waals surface area contributed by atoms with E-state index in [2.05, 4.69) is 44.8 Å². The first kappa shape index (κ1) is 16.2. The van der Waals surface area contributed by atoms with Crippen LogP contribution in [0.4, 0.5) is 0 Å². The Bertz CT molecular complexity index is 298. The van der Waals surface area contributed by atoms with Gasteiger partial charge in [-0.05, 0) is 41.0 Å². The van der Waals surface area contributed by atoms with Gasteiger partial charge in [0.1, 0.15) is 0 Å². The first-order valence-electron chi connectivity index (χ1n) is 7.99. The maximum Gasteiger partial charge on any atom is 0.0678 e. The lowest BCUT2D eigenvalue weighted by atomic mass is 9.85. The molecule has 0 amide bonds. The first-order chi connectivity index (χ1) is 9.28. The second-order valence-electron chi connectivity index (χ2n) is 7.86. The maximum absolute atomic E-state index is 5.84. The fraction of sp³-hybridized carbons (Fsp3) is 1.00. The highest BCUT2D eigenvalue weighted by atomic mass is 16.5. The van der Waals surface area contributed by atoms with Crippen molar-refractivity contribution in [2.45, 2.75) is 58.8 Å². The van der Waals surface area contributed by atoms with E-state index in [9.17, 15) is 0 Å². The molecule has 2 saturated heterocycles. The van der Waals surface area contributed by atoms with E-state index in [0.717, 1.165) is 45.8 Å². The second kappa shape index (κ2) is 6.30. The fourth-order valence-electron chi connectivity index (χ4n) is 3.31. The first-order valence-corrected chi connectivity index (χ1v) is 7.99. The third kappa shape index (κ3) is 4.69. The van der Waals surface area contributed by atoms with Gasteiger partial charge in [-0.2, -0.15) is 0 Å². The van der Waals surface area contributed by atoms with Gasteiger partial charge in [-0.15, -0.1) is 0 Å². The van der Waals surface area contributed by atoms with Crippen LogP contribution in [0.1, 0.15) is 41.0 Å². The molecule has 2 heterocycles. The molecule has 0 radical (unpaired) electrons. The van der Waals surface area contributed by atoms with E-state index >= 15 is 0 Å². The van der Waals surface area contributed by atoms with Gasteiger partial charge in [-0.1, -0.05) is 0 Å². The molecule has 20 heavy (non-hydrogen) atoms. The van der Waals surface area contributed by atoms with Crippen molar-refractivity contribution in [3.05, 3.63) is 0 Å². The Morgan fingerprint density at radius 3 is 2.35 bits per heavy atom. The third-order valence-corrected chi connectivity index (χ3v) is 4.23. The topological polar surface area (TPSA) is 33.7 Å². The predicted octanol–water partition coefficient (Wildman–Crippen LogP) is 1.89. The molecule has 0 spiro atoms. The molecule has 0 bridgehead atoms. The van der Waals surface area contributed by atoms with Crippen molar-refractivity contribution in [3.8, 4) is 0 Å². The smallest absolute Gasteiger partial charge is 0.0678 e. The standard InChI is InChI=1S/C16H32N2O2/c1-13-8-18(9-14(2)20-13)11-16(6-7-19-12-16)10-17-15(3,4)5/h13-14,17H,6-12H2,1-5H3. The van der Waals surface area contributed by atoms with E-state index in [1.807, 2.05) is 0 Å². The van der Waals surface area contributed by atoms with Crippen LogP contribution in [0.25, 0.3) is 0 Å². The Labute approximate surface area is 124 Å². The van der Waals surface area contributed by atoms with Gasteiger partial charge in [0.2, 0.25) is 0 Å². The summed E-state index contributed by atoms with van der Waals surface area (Å²) in [6.07, 6.45) is 1.85. The number of ether oxygens (including phenoxy) is 2. The fourth-order valence-corrected chi connectivity index (χ4v) is 3.31. The molecule has 3 unspecified atom stereocenters. The maximum atomic E-state index is 5.84. The predicted molar refractivity (Wildman–Crippen MR) is 82.1 cm³/mol. The average molecular weight is 284 g/mol. The molecular weight excluding hydrogens is 252 g/mol. The Kier molecular flexibility index (Phi) is 5.11. The van der Waals surface area contributed by atoms with Crippen LogP contribution in [-0.2, 0) is 9.47 Å². The van der Waals surface area contributed by atoms with Gasteiger partial charge in [0, 0.05) is 43.7 Å². The van der Waals surface area contributed by atoms with E-state index in [4.69, 9.17) is 9.47 Å². The molecular formula is C16H32N2O2. The zero-order valence-electron chi connectivity index (χ0n) is 13.9. The summed E-state index contributed by atoms with van der Waals surface area (Å²) in [5.41, 5.74) is 0.436. The molecule has 2 rings (SSSR count). The van der Waals surface area contributed by atoms with Crippen molar-refractivity contribution < 1.29 is 9.47 Å². The molecule has 0 aromatic carbocycles. The third-order valence-electron chi connectivity index (χ3n) is 4.23. The molecule has 0 aromatic rings. The lowest BCUT2D eigenvalue weighted by Gasteiger charge is -2.41. The molecule has 2 aliphatic heterocycles. The molecule has 4 nitrogen and oxygen atoms in total. The van der Waals surface area contributed by atoms with Gasteiger partial charge in [-0.3, -0.25) is 4.90 Å². The normalized spacial score (nSPS) is 36.5. The van der Waals surface area contributed by atoms with E-state index in [1.165, 1.54) is 0 Å². The summed E-state index contributed by atoms with van der Waals surface area (Å²) in [5.74, 6) is 0. The SMILES string of the molecule is CC1CN(CC2(CNC(C)(C)C)CCOC2)CC(C)O1. The zero-order valence-corrected chi connectivity index (χ0v) is 13.9. The van der Waals surface area contributed by atoms with Crippen LogP contribution in [0.5, 0.6) is 0 Å². The Balaban J connectivity index is 1.94. The Morgan fingerprint density at radius 2 is 1.85 bits per heavy atom. The van der Waals surface area contributed by atoms with Crippen LogP contribution in [-0.4, -0.2) is 62.0 Å². The van der Waals surface area contributed by atoms with Gasteiger partial charge < -0.3 is 14.8 Å². The van der Waals surface area contributed by atoms with Crippen LogP contribution in [0.3, 0.4) is 0 Å². The summed E-state index contributed by atoms with van der Waals surface area (Å²) in [7, 11) is 0. The quantitative estimate of drug-likeness (QED) is 0.855. The Hall–Kier alpha value is -0.160. The van der Waals surface area contributed by atoms with E-state index in [-0.39, 0.29) is 11.0 Å². The van der Waals surface area contributed by atoms with Crippen LogP contribution < -0.4 is 5.32 Å². The van der Waals surface area contributed by atoms with Crippen molar-refractivity contribution in [1.29, 1.82) is 0 Å². The van der Waals surface area contributed by atoms with Crippen LogP contribution >= 0.6 is 0 Å². The van der Waals surface area contributed by atoms with Gasteiger partial charge in [0.15, 0.2) is 0 Å². The summed E-state index contributed by atoms with van der Waals surface area (Å²) in [5, 5.41) is 3.68. The van der Waals surface area contributed by atoms with Gasteiger partial charge in [0.25, 0.3) is 0 Å². The molecule has 2 fully saturated rings. The minimum atomic E-state index is 0.168. The van der Waals surface area contributed by atoms with Crippen molar-refractivity contribution in [2.75, 3.05) is 39.4 Å². The minimum Gasteiger partial charge on any atom is -0.381 e. The van der Waals surface area contributed by atoms with Crippen molar-refractivity contribution in [1.82, 2.24) is 10.2 Å². The zero-order chi connectivity index (χ0) is 14.8. The Morgan fingerprint density at radius 1 is 1.20 bits per heavy atom. The number of morpholine rings is 1. The summed E-state index contributed by atoms with van der Waals surface area (Å²) in [4.78, 5) is 2.57. The van der Waals surface area contributed by atoms with E-state index in [0.29, 0.717) is 12.2 Å². The lowest BCUT2D eigenvalue weighted by molar-refractivity contribution is -0.0783. The van der Waals surface area contributed by atoms with E-state index in [1.54, 1.807) is 0 Å². The number of nitrogens with zero attached hydrogens (tertiary/aromatic N) is 1. The summed E-state index contributed by atoms with van der Waals surface area (Å²) < 4.78 is 11.6. The summed E-state index contributed by atoms with van der Waals surface area (Å²) in [6.45, 7) is 17.1. The van der Waals surface area contributed by atoms with E-state index < -0.39 is 0 Å². The highest BCUT2D eigenvalue weighted by Gasteiger charge is 2.38. The minimum absolute atomic E-state index is 0.168. The molecule has 0 aliphatic carbocycles. The highest BCUT2D eigenvalue weighted by Crippen LogP contribution is 2.30. The number of hydrogen-bond acceptors (Lipinski definition) is 4. The van der Waals surface area contributed by atoms with Crippen LogP contribution in [0.15, 0.2) is 0 Å². The van der Waals surface area contributed by atoms with Crippen LogP contribution in [0, 0.1) is 5.41 Å². The van der Waals surface area contributed by atoms with Gasteiger partial charge in [-0.25, -0.2) is 0 Å². The van der Waals surface area contributed by atoms with Crippen molar-refractivity contribution >= 4 is 0 Å². The second-order valence-corrected chi connectivity index (χ2v) is 7.86. The van der Waals surface area contributed by atoms with Crippen molar-refractivity contribution in [2.24, 2.45) is 5.41 Å². The monoisotopic (exact) mass is 284 g/mol. The summed E-state index contributed by atoms with van der Waals surface area (Å²) in [6, 6.07) is 0. The van der Waals surface area contributed by atoms with Gasteiger partial charge >= 0.3 is 0 Å². The van der Waals surface area contributed by atoms with Gasteiger partial charge in [0.05, 0.1) is 18.8 Å². The molecule has 0 saturated carbocycles. The molecule has 4 heteroatoms. The molecule has 1 N–H and O–H groups in total. The molecule has 0 aromatic heterocycles. The number of rotatable bonds is 4. The molecule has 2 aliphatic rings. The number of nitrogens with one attached hydrogen (secondary N) is 1.